The highest BCUT2D eigenvalue weighted by Gasteiger charge is 2.18. The summed E-state index contributed by atoms with van der Waals surface area (Å²) in [4.78, 5) is 12.0. The molecule has 3 rings (SSSR count). The van der Waals surface area contributed by atoms with Gasteiger partial charge < -0.3 is 14.8 Å². The summed E-state index contributed by atoms with van der Waals surface area (Å²) in [5, 5.41) is 13.6. The molecule has 0 unspecified atom stereocenters. The lowest BCUT2D eigenvalue weighted by molar-refractivity contribution is -0.129. The molecule has 0 radical (unpaired) electrons. The van der Waals surface area contributed by atoms with Gasteiger partial charge in [0.1, 0.15) is 17.2 Å². The molecule has 0 aliphatic carbocycles. The fraction of sp³-hybridized carbons (Fsp3) is 0.167. The van der Waals surface area contributed by atoms with Crippen molar-refractivity contribution >= 4 is 16.9 Å². The Balaban J connectivity index is 1.70. The van der Waals surface area contributed by atoms with E-state index in [0.717, 1.165) is 16.5 Å². The van der Waals surface area contributed by atoms with E-state index in [1.165, 1.54) is 24.3 Å². The largest absolute Gasteiger partial charge is 0.459 e. The molecule has 2 aromatic carbocycles. The highest BCUT2D eigenvalue weighted by Crippen LogP contribution is 2.24. The highest BCUT2D eigenvalue weighted by molar-refractivity contribution is 5.83. The first-order valence-corrected chi connectivity index (χ1v) is 7.24. The van der Waals surface area contributed by atoms with Gasteiger partial charge in [-0.05, 0) is 30.7 Å². The Labute approximate surface area is 132 Å². The molecule has 0 saturated heterocycles. The van der Waals surface area contributed by atoms with Gasteiger partial charge in [0, 0.05) is 10.9 Å². The van der Waals surface area contributed by atoms with Crippen LogP contribution in [0.25, 0.3) is 11.0 Å². The molecule has 23 heavy (non-hydrogen) atoms. The first kappa shape index (κ1) is 15.2. The second kappa shape index (κ2) is 6.22. The maximum Gasteiger partial charge on any atom is 0.253 e. The lowest BCUT2D eigenvalue weighted by Crippen LogP contribution is -2.28. The van der Waals surface area contributed by atoms with Gasteiger partial charge in [0.05, 0.1) is 6.54 Å². The number of fused-ring (bicyclic) bond motifs is 1. The Kier molecular flexibility index (Phi) is 4.12. The van der Waals surface area contributed by atoms with Crippen LogP contribution in [0, 0.1) is 12.7 Å². The fourth-order valence-corrected chi connectivity index (χ4v) is 2.45. The number of halogens is 1. The molecule has 1 heterocycles. The molecule has 0 aliphatic heterocycles. The Morgan fingerprint density at radius 2 is 1.91 bits per heavy atom. The molecule has 0 bridgehead atoms. The number of para-hydroxylation sites is 1. The third-order valence-corrected chi connectivity index (χ3v) is 3.80. The van der Waals surface area contributed by atoms with E-state index in [1.807, 2.05) is 31.2 Å². The number of hydrogen-bond acceptors (Lipinski definition) is 3. The number of amides is 1. The van der Waals surface area contributed by atoms with Crippen molar-refractivity contribution in [2.24, 2.45) is 0 Å². The number of hydrogen-bond donors (Lipinski definition) is 2. The van der Waals surface area contributed by atoms with E-state index in [-0.39, 0.29) is 6.54 Å². The third kappa shape index (κ3) is 3.10. The standard InChI is InChI=1S/C18H16FNO3/c1-11-14-4-2-3-5-15(14)23-16(11)10-20-18(22)17(21)12-6-8-13(19)9-7-12/h2-9,17,21H,10H2,1H3,(H,20,22)/t17-/m0/s1. The van der Waals surface area contributed by atoms with Crippen molar-refractivity contribution in [2.45, 2.75) is 19.6 Å². The zero-order valence-corrected chi connectivity index (χ0v) is 12.5. The molecular weight excluding hydrogens is 297 g/mol. The van der Waals surface area contributed by atoms with Gasteiger partial charge in [-0.2, -0.15) is 0 Å². The predicted octanol–water partition coefficient (Wildman–Crippen LogP) is 3.23. The number of rotatable bonds is 4. The minimum absolute atomic E-state index is 0.178. The van der Waals surface area contributed by atoms with E-state index in [4.69, 9.17) is 4.42 Å². The van der Waals surface area contributed by atoms with E-state index in [9.17, 15) is 14.3 Å². The monoisotopic (exact) mass is 313 g/mol. The summed E-state index contributed by atoms with van der Waals surface area (Å²) in [6, 6.07) is 12.8. The molecule has 1 atom stereocenters. The van der Waals surface area contributed by atoms with Gasteiger partial charge >= 0.3 is 0 Å². The molecule has 118 valence electrons. The maximum atomic E-state index is 12.9. The second-order valence-corrected chi connectivity index (χ2v) is 5.32. The van der Waals surface area contributed by atoms with Gasteiger partial charge in [0.2, 0.25) is 0 Å². The lowest BCUT2D eigenvalue weighted by Gasteiger charge is -2.11. The molecule has 5 heteroatoms. The van der Waals surface area contributed by atoms with E-state index in [2.05, 4.69) is 5.32 Å². The van der Waals surface area contributed by atoms with Crippen molar-refractivity contribution in [1.82, 2.24) is 5.32 Å². The summed E-state index contributed by atoms with van der Waals surface area (Å²) < 4.78 is 18.6. The summed E-state index contributed by atoms with van der Waals surface area (Å²) >= 11 is 0. The van der Waals surface area contributed by atoms with Crippen molar-refractivity contribution in [3.8, 4) is 0 Å². The topological polar surface area (TPSA) is 62.5 Å². The number of carbonyl (C=O) groups excluding carboxylic acids is 1. The van der Waals surface area contributed by atoms with Crippen molar-refractivity contribution < 1.29 is 18.7 Å². The van der Waals surface area contributed by atoms with Gasteiger partial charge in [-0.3, -0.25) is 4.79 Å². The summed E-state index contributed by atoms with van der Waals surface area (Å²) in [6.45, 7) is 2.10. The first-order chi connectivity index (χ1) is 11.1. The van der Waals surface area contributed by atoms with E-state index in [0.29, 0.717) is 11.3 Å². The number of nitrogens with one attached hydrogen (secondary N) is 1. The van der Waals surface area contributed by atoms with Crippen LogP contribution in [0.2, 0.25) is 0 Å². The van der Waals surface area contributed by atoms with Gasteiger partial charge in [-0.1, -0.05) is 30.3 Å². The van der Waals surface area contributed by atoms with Gasteiger partial charge in [0.15, 0.2) is 6.10 Å². The van der Waals surface area contributed by atoms with Gasteiger partial charge in [-0.25, -0.2) is 4.39 Å². The van der Waals surface area contributed by atoms with Crippen LogP contribution in [-0.4, -0.2) is 11.0 Å². The molecule has 2 N–H and O–H groups in total. The van der Waals surface area contributed by atoms with Gasteiger partial charge in [0.25, 0.3) is 5.91 Å². The number of carbonyl (C=O) groups is 1. The predicted molar refractivity (Wildman–Crippen MR) is 84.2 cm³/mol. The summed E-state index contributed by atoms with van der Waals surface area (Å²) in [5.41, 5.74) is 2.05. The lowest BCUT2D eigenvalue weighted by atomic mass is 10.1. The second-order valence-electron chi connectivity index (χ2n) is 5.32. The molecule has 0 fully saturated rings. The number of aryl methyl sites for hydroxylation is 1. The van der Waals surface area contributed by atoms with Crippen molar-refractivity contribution in [3.63, 3.8) is 0 Å². The maximum absolute atomic E-state index is 12.9. The molecule has 4 nitrogen and oxygen atoms in total. The Morgan fingerprint density at radius 3 is 2.61 bits per heavy atom. The van der Waals surface area contributed by atoms with E-state index >= 15 is 0 Å². The van der Waals surface area contributed by atoms with E-state index in [1.54, 1.807) is 0 Å². The van der Waals surface area contributed by atoms with Gasteiger partial charge in [-0.15, -0.1) is 0 Å². The number of aliphatic hydroxyl groups is 1. The van der Waals surface area contributed by atoms with Crippen LogP contribution in [0.1, 0.15) is 23.0 Å². The minimum atomic E-state index is -1.35. The van der Waals surface area contributed by atoms with Crippen LogP contribution in [0.4, 0.5) is 4.39 Å². The Hall–Kier alpha value is -2.66. The quantitative estimate of drug-likeness (QED) is 0.777. The number of furan rings is 1. The van der Waals surface area contributed by atoms with Crippen molar-refractivity contribution in [3.05, 3.63) is 71.2 Å². The molecule has 0 aliphatic rings. The zero-order valence-electron chi connectivity index (χ0n) is 12.5. The Morgan fingerprint density at radius 1 is 1.22 bits per heavy atom. The van der Waals surface area contributed by atoms with E-state index < -0.39 is 17.8 Å². The summed E-state index contributed by atoms with van der Waals surface area (Å²) in [6.07, 6.45) is -1.35. The molecular formula is C18H16FNO3. The number of benzene rings is 2. The minimum Gasteiger partial charge on any atom is -0.459 e. The van der Waals surface area contributed by atoms with Crippen molar-refractivity contribution in [1.29, 1.82) is 0 Å². The molecule has 1 aromatic heterocycles. The molecule has 1 amide bonds. The average Bonchev–Trinajstić information content (AvgIpc) is 2.89. The van der Waals surface area contributed by atoms with Crippen LogP contribution in [0.3, 0.4) is 0 Å². The van der Waals surface area contributed by atoms with Crippen LogP contribution in [0.5, 0.6) is 0 Å². The SMILES string of the molecule is Cc1c(CNC(=O)[C@@H](O)c2ccc(F)cc2)oc2ccccc12. The van der Waals surface area contributed by atoms with Crippen LogP contribution in [-0.2, 0) is 11.3 Å². The fourth-order valence-electron chi connectivity index (χ4n) is 2.45. The summed E-state index contributed by atoms with van der Waals surface area (Å²) in [5.74, 6) is -0.332. The number of aliphatic hydroxyl groups excluding tert-OH is 1. The normalized spacial score (nSPS) is 12.3. The molecule has 3 aromatic rings. The third-order valence-electron chi connectivity index (χ3n) is 3.80. The zero-order chi connectivity index (χ0) is 16.4. The molecule has 0 spiro atoms. The van der Waals surface area contributed by atoms with Crippen LogP contribution >= 0.6 is 0 Å². The molecule has 0 saturated carbocycles. The summed E-state index contributed by atoms with van der Waals surface area (Å²) in [7, 11) is 0. The Bertz CT molecular complexity index is 839. The van der Waals surface area contributed by atoms with Crippen LogP contribution < -0.4 is 5.32 Å². The van der Waals surface area contributed by atoms with Crippen molar-refractivity contribution in [2.75, 3.05) is 0 Å². The highest BCUT2D eigenvalue weighted by atomic mass is 19.1. The van der Waals surface area contributed by atoms with Crippen LogP contribution in [0.15, 0.2) is 52.9 Å². The first-order valence-electron chi connectivity index (χ1n) is 7.24. The average molecular weight is 313 g/mol. The smallest absolute Gasteiger partial charge is 0.253 e.